The third kappa shape index (κ3) is 6.46. The molecule has 0 saturated carbocycles. The third-order valence-electron chi connectivity index (χ3n) is 7.45. The maximum atomic E-state index is 13.5. The van der Waals surface area contributed by atoms with Crippen molar-refractivity contribution >= 4 is 42.7 Å². The number of phosphoric ester groups is 1. The van der Waals surface area contributed by atoms with E-state index in [2.05, 4.69) is 15.0 Å². The normalized spacial score (nSPS) is 29.6. The van der Waals surface area contributed by atoms with Crippen LogP contribution in [0.25, 0.3) is 11.2 Å². The minimum atomic E-state index is -4.03. The number of carbonyl (C=O) groups excluding carboxylic acids is 1. The number of hydrogen-bond donors (Lipinski definition) is 1. The van der Waals surface area contributed by atoms with Crippen LogP contribution in [0.15, 0.2) is 30.6 Å². The number of ether oxygens (including phenoxy) is 6. The van der Waals surface area contributed by atoms with E-state index in [-0.39, 0.29) is 42.8 Å². The van der Waals surface area contributed by atoms with E-state index in [1.165, 1.54) is 10.9 Å². The van der Waals surface area contributed by atoms with Gasteiger partial charge in [0.2, 0.25) is 11.8 Å². The summed E-state index contributed by atoms with van der Waals surface area (Å²) in [4.78, 5) is 25.3. The number of fused-ring (bicyclic) bond motifs is 2. The van der Waals surface area contributed by atoms with Crippen LogP contribution in [-0.2, 0) is 41.8 Å². The number of nitrogen functional groups attached to an aromatic ring is 1. The van der Waals surface area contributed by atoms with Crippen LogP contribution in [0.2, 0.25) is 5.02 Å². The number of nitrogens with two attached hydrogens (primary N) is 1. The summed E-state index contributed by atoms with van der Waals surface area (Å²) in [6, 6.07) is 7.05. The topological polar surface area (TPSA) is 187 Å². The first-order valence-electron chi connectivity index (χ1n) is 14.4. The number of hydrogen-bond acceptors (Lipinski definition) is 15. The second-order valence-electron chi connectivity index (χ2n) is 10.5. The maximum absolute atomic E-state index is 13.5. The second-order valence-corrected chi connectivity index (χ2v) is 12.5. The zero-order valence-corrected chi connectivity index (χ0v) is 26.3. The number of phosphoric acid groups is 1. The van der Waals surface area contributed by atoms with Crippen molar-refractivity contribution in [1.29, 1.82) is 0 Å². The number of aromatic nitrogens is 4. The summed E-state index contributed by atoms with van der Waals surface area (Å²) < 4.78 is 66.2. The van der Waals surface area contributed by atoms with Gasteiger partial charge in [-0.3, -0.25) is 18.1 Å². The quantitative estimate of drug-likeness (QED) is 0.163. The Morgan fingerprint density at radius 1 is 1.24 bits per heavy atom. The van der Waals surface area contributed by atoms with Crippen molar-refractivity contribution in [2.45, 2.75) is 63.6 Å². The van der Waals surface area contributed by atoms with E-state index < -0.39 is 50.4 Å². The van der Waals surface area contributed by atoms with E-state index in [0.29, 0.717) is 24.7 Å². The van der Waals surface area contributed by atoms with Crippen LogP contribution in [0.1, 0.15) is 45.1 Å². The molecule has 0 unspecified atom stereocenters. The fourth-order valence-electron chi connectivity index (χ4n) is 5.48. The van der Waals surface area contributed by atoms with Gasteiger partial charge in [-0.1, -0.05) is 23.7 Å². The number of nitrogens with zero attached hydrogens (tertiary/aromatic N) is 4. The first-order valence-corrected chi connectivity index (χ1v) is 16.2. The summed E-state index contributed by atoms with van der Waals surface area (Å²) in [6.45, 7) is 6.00. The first kappa shape index (κ1) is 31.9. The van der Waals surface area contributed by atoms with E-state index in [9.17, 15) is 9.36 Å². The molecule has 5 heterocycles. The maximum Gasteiger partial charge on any atom is 0.509 e. The molecule has 45 heavy (non-hydrogen) atoms. The molecular formula is C27H33ClN5O11P. The zero-order chi connectivity index (χ0) is 31.8. The lowest BCUT2D eigenvalue weighted by Gasteiger charge is -2.30. The molecule has 0 aliphatic carbocycles. The number of carbonyl (C=O) groups is 1. The molecule has 6 rings (SSSR count). The van der Waals surface area contributed by atoms with Gasteiger partial charge in [-0.05, 0) is 38.5 Å². The number of imidazole rings is 1. The minimum absolute atomic E-state index is 0.0209. The van der Waals surface area contributed by atoms with Gasteiger partial charge in [0, 0.05) is 24.7 Å². The van der Waals surface area contributed by atoms with E-state index in [1.807, 2.05) is 19.9 Å². The molecule has 18 heteroatoms. The van der Waals surface area contributed by atoms with Gasteiger partial charge in [-0.25, -0.2) is 14.3 Å². The van der Waals surface area contributed by atoms with Crippen LogP contribution in [0.5, 0.6) is 5.88 Å². The molecule has 2 aromatic heterocycles. The molecule has 1 aromatic carbocycles. The molecule has 3 saturated heterocycles. The lowest BCUT2D eigenvalue weighted by atomic mass is 9.96. The molecule has 3 aromatic rings. The SMILES string of the molecule is CCOC(COc1nc(N)nc2c1ncn2[C@@H]1O[C@H](CO[P@@]2(=O)OCC[C@@H](c3cccc(Cl)c3)O2)[C@H]2OC(=O)O[C@]21C)OCC. The van der Waals surface area contributed by atoms with Gasteiger partial charge in [-0.2, -0.15) is 9.97 Å². The van der Waals surface area contributed by atoms with Gasteiger partial charge in [0.15, 0.2) is 35.4 Å². The standard InChI is InChI=1S/C27H33ClN5O11P/c1-4-36-19(37-5-2)13-38-23-20-22(31-25(29)32-23)33(14-30-20)24-27(3)21(42-26(34)43-27)18(41-24)12-40-45(35)39-10-9-17(44-45)15-7-6-8-16(28)11-15/h6-8,11,14,17-19,21,24H,4-5,9-10,12-13H2,1-3H3,(H2,29,31,32)/t17-,18+,21+,24+,27+,45+/m0/s1. The smallest absolute Gasteiger partial charge is 0.471 e. The van der Waals surface area contributed by atoms with Crippen LogP contribution in [0, 0.1) is 0 Å². The molecule has 2 N–H and O–H groups in total. The number of anilines is 1. The van der Waals surface area contributed by atoms with E-state index >= 15 is 0 Å². The van der Waals surface area contributed by atoms with Crippen molar-refractivity contribution in [3.8, 4) is 5.88 Å². The molecule has 16 nitrogen and oxygen atoms in total. The van der Waals surface area contributed by atoms with Crippen LogP contribution in [0.4, 0.5) is 10.7 Å². The highest BCUT2D eigenvalue weighted by molar-refractivity contribution is 7.48. The Morgan fingerprint density at radius 3 is 2.80 bits per heavy atom. The van der Waals surface area contributed by atoms with Gasteiger partial charge in [-0.15, -0.1) is 0 Å². The Hall–Kier alpha value is -3.08. The van der Waals surface area contributed by atoms with Crippen molar-refractivity contribution < 1.29 is 51.4 Å². The number of rotatable bonds is 12. The van der Waals surface area contributed by atoms with Gasteiger partial charge in [0.1, 0.15) is 12.7 Å². The summed E-state index contributed by atoms with van der Waals surface area (Å²) in [7, 11) is -4.03. The summed E-state index contributed by atoms with van der Waals surface area (Å²) in [5, 5.41) is 0.518. The lowest BCUT2D eigenvalue weighted by Crippen LogP contribution is -2.42. The van der Waals surface area contributed by atoms with Gasteiger partial charge in [0.25, 0.3) is 0 Å². The molecule has 244 valence electrons. The van der Waals surface area contributed by atoms with E-state index in [0.717, 1.165) is 5.56 Å². The molecule has 3 aliphatic rings. The zero-order valence-electron chi connectivity index (χ0n) is 24.7. The van der Waals surface area contributed by atoms with E-state index in [1.54, 1.807) is 25.1 Å². The average Bonchev–Trinajstić information content (AvgIpc) is 3.63. The molecule has 6 atom stereocenters. The summed E-state index contributed by atoms with van der Waals surface area (Å²) in [5.74, 6) is 0.000627. The van der Waals surface area contributed by atoms with Gasteiger partial charge < -0.3 is 34.2 Å². The molecule has 0 amide bonds. The van der Waals surface area contributed by atoms with E-state index in [4.69, 9.17) is 59.3 Å². The van der Waals surface area contributed by atoms with Crippen LogP contribution in [0.3, 0.4) is 0 Å². The molecular weight excluding hydrogens is 637 g/mol. The Bertz CT molecular complexity index is 1590. The Kier molecular flexibility index (Phi) is 9.19. The molecule has 3 fully saturated rings. The monoisotopic (exact) mass is 669 g/mol. The van der Waals surface area contributed by atoms with Crippen LogP contribution in [-0.4, -0.2) is 82.8 Å². The van der Waals surface area contributed by atoms with Gasteiger partial charge in [0.05, 0.1) is 25.6 Å². The van der Waals surface area contributed by atoms with Crippen molar-refractivity contribution in [3.63, 3.8) is 0 Å². The van der Waals surface area contributed by atoms with Crippen molar-refractivity contribution in [2.75, 3.05) is 38.8 Å². The highest BCUT2D eigenvalue weighted by atomic mass is 35.5. The molecule has 3 aliphatic heterocycles. The summed E-state index contributed by atoms with van der Waals surface area (Å²) in [6.07, 6.45) is -3.13. The molecule has 0 spiro atoms. The fraction of sp³-hybridized carbons (Fsp3) is 0.556. The van der Waals surface area contributed by atoms with Crippen LogP contribution < -0.4 is 10.5 Å². The van der Waals surface area contributed by atoms with Gasteiger partial charge >= 0.3 is 14.0 Å². The molecule has 0 bridgehead atoms. The number of benzene rings is 1. The minimum Gasteiger partial charge on any atom is -0.471 e. The summed E-state index contributed by atoms with van der Waals surface area (Å²) >= 11 is 6.12. The number of halogens is 1. The van der Waals surface area contributed by atoms with Crippen molar-refractivity contribution in [3.05, 3.63) is 41.2 Å². The highest BCUT2D eigenvalue weighted by Gasteiger charge is 2.64. The largest absolute Gasteiger partial charge is 0.509 e. The Morgan fingerprint density at radius 2 is 2.04 bits per heavy atom. The second kappa shape index (κ2) is 13.0. The van der Waals surface area contributed by atoms with Crippen LogP contribution >= 0.6 is 19.4 Å². The Balaban J connectivity index is 1.21. The van der Waals surface area contributed by atoms with Crippen molar-refractivity contribution in [1.82, 2.24) is 19.5 Å². The fourth-order valence-corrected chi connectivity index (χ4v) is 7.07. The average molecular weight is 670 g/mol. The first-order chi connectivity index (χ1) is 21.6. The highest BCUT2D eigenvalue weighted by Crippen LogP contribution is 2.58. The predicted molar refractivity (Wildman–Crippen MR) is 155 cm³/mol. The van der Waals surface area contributed by atoms with Crippen molar-refractivity contribution in [2.24, 2.45) is 0 Å². The molecule has 0 radical (unpaired) electrons. The lowest BCUT2D eigenvalue weighted by molar-refractivity contribution is -0.152. The summed E-state index contributed by atoms with van der Waals surface area (Å²) in [5.41, 5.74) is 5.92. The third-order valence-corrected chi connectivity index (χ3v) is 9.16. The Labute approximate surface area is 262 Å². The predicted octanol–water partition coefficient (Wildman–Crippen LogP) is 4.33.